The van der Waals surface area contributed by atoms with Crippen molar-refractivity contribution in [3.05, 3.63) is 0 Å². The van der Waals surface area contributed by atoms with Crippen LogP contribution >= 0.6 is 0 Å². The largest absolute Gasteiger partial charge is 0.327 e. The molecule has 0 aromatic rings. The van der Waals surface area contributed by atoms with Gasteiger partial charge in [-0.3, -0.25) is 0 Å². The van der Waals surface area contributed by atoms with Gasteiger partial charge in [-0.25, -0.2) is 0 Å². The molecule has 0 aliphatic carbocycles. The zero-order valence-corrected chi connectivity index (χ0v) is 9.90. The minimum absolute atomic E-state index is 0.282. The molecule has 1 heteroatoms. The second-order valence-corrected chi connectivity index (χ2v) is 5.18. The van der Waals surface area contributed by atoms with E-state index >= 15 is 0 Å². The van der Waals surface area contributed by atoms with Crippen LogP contribution in [0.2, 0.25) is 0 Å². The highest BCUT2D eigenvalue weighted by Gasteiger charge is 2.19. The Morgan fingerprint density at radius 2 is 1.54 bits per heavy atom. The Bertz CT molecular complexity index is 113. The van der Waals surface area contributed by atoms with Crippen LogP contribution in [0.25, 0.3) is 0 Å². The Labute approximate surface area is 84.1 Å². The van der Waals surface area contributed by atoms with E-state index in [1.165, 1.54) is 38.5 Å². The Kier molecular flexibility index (Phi) is 6.40. The molecule has 0 bridgehead atoms. The molecule has 0 amide bonds. The maximum absolute atomic E-state index is 6.07. The van der Waals surface area contributed by atoms with Crippen molar-refractivity contribution in [2.24, 2.45) is 11.1 Å². The summed E-state index contributed by atoms with van der Waals surface area (Å²) in [6, 6.07) is 0.370. The first kappa shape index (κ1) is 13.0. The molecule has 1 unspecified atom stereocenters. The number of unbranched alkanes of at least 4 members (excludes halogenated alkanes) is 4. The minimum Gasteiger partial charge on any atom is -0.327 e. The highest BCUT2D eigenvalue weighted by atomic mass is 14.7. The molecule has 0 heterocycles. The van der Waals surface area contributed by atoms with Crippen molar-refractivity contribution >= 4 is 0 Å². The van der Waals surface area contributed by atoms with Gasteiger partial charge in [0.15, 0.2) is 0 Å². The lowest BCUT2D eigenvalue weighted by atomic mass is 9.84. The van der Waals surface area contributed by atoms with Crippen LogP contribution in [-0.2, 0) is 0 Å². The van der Waals surface area contributed by atoms with Gasteiger partial charge in [-0.15, -0.1) is 0 Å². The summed E-state index contributed by atoms with van der Waals surface area (Å²) in [7, 11) is 0. The second kappa shape index (κ2) is 6.42. The molecule has 0 radical (unpaired) electrons. The Morgan fingerprint density at radius 1 is 1.00 bits per heavy atom. The van der Waals surface area contributed by atoms with Gasteiger partial charge in [0.2, 0.25) is 0 Å². The summed E-state index contributed by atoms with van der Waals surface area (Å²) in [5.41, 5.74) is 6.35. The van der Waals surface area contributed by atoms with E-state index in [-0.39, 0.29) is 5.41 Å². The van der Waals surface area contributed by atoms with Crippen LogP contribution in [0.4, 0.5) is 0 Å². The molecule has 0 aliphatic rings. The molecule has 0 aromatic carbocycles. The van der Waals surface area contributed by atoms with E-state index in [0.29, 0.717) is 6.04 Å². The van der Waals surface area contributed by atoms with Crippen LogP contribution in [-0.4, -0.2) is 6.04 Å². The molecule has 0 aromatic heterocycles. The first-order chi connectivity index (χ1) is 5.98. The van der Waals surface area contributed by atoms with E-state index in [0.717, 1.165) is 0 Å². The predicted molar refractivity (Wildman–Crippen MR) is 60.8 cm³/mol. The van der Waals surface area contributed by atoms with Crippen LogP contribution < -0.4 is 5.73 Å². The Hall–Kier alpha value is -0.0400. The third-order valence-electron chi connectivity index (χ3n) is 2.73. The van der Waals surface area contributed by atoms with E-state index in [2.05, 4.69) is 27.7 Å². The molecule has 0 saturated carbocycles. The monoisotopic (exact) mass is 185 g/mol. The molecule has 0 fully saturated rings. The zero-order valence-electron chi connectivity index (χ0n) is 9.90. The summed E-state index contributed by atoms with van der Waals surface area (Å²) >= 11 is 0. The van der Waals surface area contributed by atoms with Crippen molar-refractivity contribution < 1.29 is 0 Å². The van der Waals surface area contributed by atoms with Gasteiger partial charge in [0.05, 0.1) is 0 Å². The van der Waals surface area contributed by atoms with E-state index in [4.69, 9.17) is 5.73 Å². The van der Waals surface area contributed by atoms with E-state index in [9.17, 15) is 0 Å². The van der Waals surface area contributed by atoms with Crippen molar-refractivity contribution in [3.63, 3.8) is 0 Å². The molecule has 0 aliphatic heterocycles. The minimum atomic E-state index is 0.282. The molecule has 13 heavy (non-hydrogen) atoms. The second-order valence-electron chi connectivity index (χ2n) is 5.18. The van der Waals surface area contributed by atoms with Crippen molar-refractivity contribution in [1.29, 1.82) is 0 Å². The zero-order chi connectivity index (χ0) is 10.3. The van der Waals surface area contributed by atoms with Crippen LogP contribution in [0.5, 0.6) is 0 Å². The summed E-state index contributed by atoms with van der Waals surface area (Å²) < 4.78 is 0. The van der Waals surface area contributed by atoms with E-state index < -0.39 is 0 Å². The highest BCUT2D eigenvalue weighted by molar-refractivity contribution is 4.76. The fourth-order valence-electron chi connectivity index (χ4n) is 1.40. The molecule has 0 saturated heterocycles. The van der Waals surface area contributed by atoms with Gasteiger partial charge in [0.25, 0.3) is 0 Å². The average molecular weight is 185 g/mol. The number of nitrogens with two attached hydrogens (primary N) is 1. The third-order valence-corrected chi connectivity index (χ3v) is 2.73. The molecule has 2 N–H and O–H groups in total. The SMILES string of the molecule is CCCCCCCC(N)C(C)(C)C. The average Bonchev–Trinajstić information content (AvgIpc) is 2.02. The van der Waals surface area contributed by atoms with Gasteiger partial charge in [0, 0.05) is 6.04 Å². The lowest BCUT2D eigenvalue weighted by Gasteiger charge is -2.26. The fraction of sp³-hybridized carbons (Fsp3) is 1.00. The first-order valence-electron chi connectivity index (χ1n) is 5.74. The molecular formula is C12H27N. The molecule has 1 nitrogen and oxygen atoms in total. The normalized spacial score (nSPS) is 14.5. The van der Waals surface area contributed by atoms with Crippen LogP contribution in [0, 0.1) is 5.41 Å². The van der Waals surface area contributed by atoms with Gasteiger partial charge >= 0.3 is 0 Å². The molecular weight excluding hydrogens is 158 g/mol. The van der Waals surface area contributed by atoms with Crippen LogP contribution in [0.15, 0.2) is 0 Å². The van der Waals surface area contributed by atoms with Gasteiger partial charge in [-0.05, 0) is 11.8 Å². The Morgan fingerprint density at radius 3 is 2.00 bits per heavy atom. The quantitative estimate of drug-likeness (QED) is 0.627. The number of rotatable bonds is 6. The Balaban J connectivity index is 3.32. The first-order valence-corrected chi connectivity index (χ1v) is 5.74. The van der Waals surface area contributed by atoms with Gasteiger partial charge in [0.1, 0.15) is 0 Å². The van der Waals surface area contributed by atoms with Crippen molar-refractivity contribution in [1.82, 2.24) is 0 Å². The van der Waals surface area contributed by atoms with Crippen LogP contribution in [0.3, 0.4) is 0 Å². The smallest absolute Gasteiger partial charge is 0.00876 e. The van der Waals surface area contributed by atoms with Gasteiger partial charge in [-0.1, -0.05) is 59.8 Å². The summed E-state index contributed by atoms with van der Waals surface area (Å²) in [6.45, 7) is 8.93. The summed E-state index contributed by atoms with van der Waals surface area (Å²) in [4.78, 5) is 0. The summed E-state index contributed by atoms with van der Waals surface area (Å²) in [5, 5.41) is 0. The number of hydrogen-bond acceptors (Lipinski definition) is 1. The molecule has 80 valence electrons. The van der Waals surface area contributed by atoms with Crippen molar-refractivity contribution in [3.8, 4) is 0 Å². The fourth-order valence-corrected chi connectivity index (χ4v) is 1.40. The maximum atomic E-state index is 6.07. The third kappa shape index (κ3) is 7.06. The highest BCUT2D eigenvalue weighted by Crippen LogP contribution is 2.21. The van der Waals surface area contributed by atoms with E-state index in [1.54, 1.807) is 0 Å². The van der Waals surface area contributed by atoms with E-state index in [1.807, 2.05) is 0 Å². The molecule has 0 rings (SSSR count). The van der Waals surface area contributed by atoms with Crippen LogP contribution in [0.1, 0.15) is 66.2 Å². The molecule has 0 spiro atoms. The maximum Gasteiger partial charge on any atom is 0.00876 e. The molecule has 1 atom stereocenters. The van der Waals surface area contributed by atoms with Gasteiger partial charge in [-0.2, -0.15) is 0 Å². The lowest BCUT2D eigenvalue weighted by Crippen LogP contribution is -2.34. The standard InChI is InChI=1S/C12H27N/c1-5-6-7-8-9-10-11(13)12(2,3)4/h11H,5-10,13H2,1-4H3. The summed E-state index contributed by atoms with van der Waals surface area (Å²) in [5.74, 6) is 0. The lowest BCUT2D eigenvalue weighted by molar-refractivity contribution is 0.298. The topological polar surface area (TPSA) is 26.0 Å². The number of hydrogen-bond donors (Lipinski definition) is 1. The van der Waals surface area contributed by atoms with Crippen molar-refractivity contribution in [2.45, 2.75) is 72.3 Å². The predicted octanol–water partition coefficient (Wildman–Crippen LogP) is 3.72. The summed E-state index contributed by atoms with van der Waals surface area (Å²) in [6.07, 6.45) is 7.94. The van der Waals surface area contributed by atoms with Gasteiger partial charge < -0.3 is 5.73 Å². The van der Waals surface area contributed by atoms with Crippen molar-refractivity contribution in [2.75, 3.05) is 0 Å².